The highest BCUT2D eigenvalue weighted by Gasteiger charge is 2.39. The van der Waals surface area contributed by atoms with Gasteiger partial charge in [0, 0.05) is 25.2 Å². The zero-order valence-electron chi connectivity index (χ0n) is 13.0. The molecule has 2 aliphatic rings. The van der Waals surface area contributed by atoms with Crippen molar-refractivity contribution in [3.8, 4) is 0 Å². The summed E-state index contributed by atoms with van der Waals surface area (Å²) in [6, 6.07) is 0. The van der Waals surface area contributed by atoms with Crippen LogP contribution in [0.25, 0.3) is 0 Å². The normalized spacial score (nSPS) is 24.4. The van der Waals surface area contributed by atoms with Crippen molar-refractivity contribution < 1.29 is 8.42 Å². The van der Waals surface area contributed by atoms with Crippen LogP contribution in [0.3, 0.4) is 0 Å². The number of piperazine rings is 1. The molecule has 0 aromatic rings. The summed E-state index contributed by atoms with van der Waals surface area (Å²) in [4.78, 5) is 2.58. The van der Waals surface area contributed by atoms with Crippen LogP contribution >= 0.6 is 0 Å². The number of sulfone groups is 1. The fraction of sp³-hybridized carbons (Fsp3) is 1.00. The second-order valence-corrected chi connectivity index (χ2v) is 9.39. The third kappa shape index (κ3) is 3.74. The van der Waals surface area contributed by atoms with E-state index in [0.29, 0.717) is 11.3 Å². The van der Waals surface area contributed by atoms with E-state index in [0.717, 1.165) is 32.6 Å². The van der Waals surface area contributed by atoms with Crippen molar-refractivity contribution in [1.29, 1.82) is 0 Å². The van der Waals surface area contributed by atoms with E-state index in [1.54, 1.807) is 13.8 Å². The molecule has 1 spiro atoms. The van der Waals surface area contributed by atoms with Gasteiger partial charge in [-0.1, -0.05) is 19.3 Å². The largest absolute Gasteiger partial charge is 0.314 e. The monoisotopic (exact) mass is 302 g/mol. The first-order chi connectivity index (χ1) is 9.46. The minimum atomic E-state index is -2.88. The Kier molecular flexibility index (Phi) is 5.49. The Labute approximate surface area is 124 Å². The number of hydrogen-bond acceptors (Lipinski definition) is 4. The van der Waals surface area contributed by atoms with Crippen LogP contribution in [0.1, 0.15) is 52.4 Å². The van der Waals surface area contributed by atoms with Crippen LogP contribution < -0.4 is 5.32 Å². The highest BCUT2D eigenvalue weighted by Crippen LogP contribution is 2.34. The topological polar surface area (TPSA) is 49.4 Å². The molecule has 2 fully saturated rings. The molecule has 118 valence electrons. The summed E-state index contributed by atoms with van der Waals surface area (Å²) in [7, 11) is -2.88. The van der Waals surface area contributed by atoms with Gasteiger partial charge < -0.3 is 5.32 Å². The second-order valence-electron chi connectivity index (χ2n) is 6.72. The maximum absolute atomic E-state index is 11.9. The Morgan fingerprint density at radius 3 is 2.55 bits per heavy atom. The molecule has 1 aliphatic heterocycles. The average Bonchev–Trinajstić information content (AvgIpc) is 2.42. The quantitative estimate of drug-likeness (QED) is 0.841. The minimum Gasteiger partial charge on any atom is -0.314 e. The first-order valence-corrected chi connectivity index (χ1v) is 9.85. The Bertz CT molecular complexity index is 392. The number of hydrogen-bond donors (Lipinski definition) is 1. The maximum Gasteiger partial charge on any atom is 0.152 e. The van der Waals surface area contributed by atoms with E-state index in [1.165, 1.54) is 32.1 Å². The Morgan fingerprint density at radius 2 is 1.90 bits per heavy atom. The van der Waals surface area contributed by atoms with Crippen molar-refractivity contribution in [3.05, 3.63) is 0 Å². The summed E-state index contributed by atoms with van der Waals surface area (Å²) in [6.45, 7) is 7.70. The number of nitrogens with zero attached hydrogens (tertiary/aromatic N) is 1. The zero-order valence-corrected chi connectivity index (χ0v) is 13.8. The van der Waals surface area contributed by atoms with Gasteiger partial charge in [-0.2, -0.15) is 0 Å². The van der Waals surface area contributed by atoms with Crippen molar-refractivity contribution in [2.45, 2.75) is 63.2 Å². The average molecular weight is 302 g/mol. The molecule has 2 rings (SSSR count). The van der Waals surface area contributed by atoms with Crippen LogP contribution in [0.4, 0.5) is 0 Å². The van der Waals surface area contributed by atoms with Gasteiger partial charge >= 0.3 is 0 Å². The fourth-order valence-electron chi connectivity index (χ4n) is 3.63. The summed E-state index contributed by atoms with van der Waals surface area (Å²) < 4.78 is 23.8. The lowest BCUT2D eigenvalue weighted by atomic mass is 9.79. The van der Waals surface area contributed by atoms with E-state index in [1.807, 2.05) is 0 Å². The van der Waals surface area contributed by atoms with Gasteiger partial charge in [-0.15, -0.1) is 0 Å². The van der Waals surface area contributed by atoms with Crippen LogP contribution in [0.5, 0.6) is 0 Å². The summed E-state index contributed by atoms with van der Waals surface area (Å²) in [5, 5.41) is 3.30. The van der Waals surface area contributed by atoms with Gasteiger partial charge in [-0.3, -0.25) is 4.90 Å². The fourth-order valence-corrected chi connectivity index (χ4v) is 4.63. The molecule has 0 unspecified atom stereocenters. The molecule has 0 amide bonds. The lowest BCUT2D eigenvalue weighted by molar-refractivity contribution is 0.0280. The van der Waals surface area contributed by atoms with Crippen LogP contribution in [0.15, 0.2) is 0 Å². The zero-order chi connectivity index (χ0) is 14.6. The molecule has 0 atom stereocenters. The van der Waals surface area contributed by atoms with Crippen molar-refractivity contribution in [3.63, 3.8) is 0 Å². The van der Waals surface area contributed by atoms with Gasteiger partial charge in [0.05, 0.1) is 11.0 Å². The van der Waals surface area contributed by atoms with Crippen molar-refractivity contribution in [1.82, 2.24) is 10.2 Å². The highest BCUT2D eigenvalue weighted by molar-refractivity contribution is 7.91. The molecule has 0 aromatic carbocycles. The lowest BCUT2D eigenvalue weighted by Gasteiger charge is -2.50. The van der Waals surface area contributed by atoms with E-state index >= 15 is 0 Å². The summed E-state index contributed by atoms with van der Waals surface area (Å²) in [6.07, 6.45) is 7.33. The van der Waals surface area contributed by atoms with Crippen LogP contribution in [0.2, 0.25) is 0 Å². The van der Waals surface area contributed by atoms with E-state index in [9.17, 15) is 8.42 Å². The van der Waals surface area contributed by atoms with Crippen molar-refractivity contribution >= 4 is 9.84 Å². The summed E-state index contributed by atoms with van der Waals surface area (Å²) >= 11 is 0. The Balaban J connectivity index is 1.90. The standard InChI is InChI=1S/C15H30N2O2S/c1-14(2)20(18,19)12-6-10-17-11-9-16-13-15(17)7-4-3-5-8-15/h14,16H,3-13H2,1-2H3. The molecule has 1 saturated carbocycles. The molecule has 1 saturated heterocycles. The third-order valence-corrected chi connectivity index (χ3v) is 7.34. The molecule has 0 bridgehead atoms. The smallest absolute Gasteiger partial charge is 0.152 e. The molecule has 0 aromatic heterocycles. The van der Waals surface area contributed by atoms with Crippen LogP contribution in [-0.2, 0) is 9.84 Å². The van der Waals surface area contributed by atoms with Crippen molar-refractivity contribution in [2.75, 3.05) is 31.9 Å². The number of rotatable bonds is 5. The van der Waals surface area contributed by atoms with E-state index in [2.05, 4.69) is 10.2 Å². The maximum atomic E-state index is 11.9. The predicted molar refractivity (Wildman–Crippen MR) is 83.8 cm³/mol. The SMILES string of the molecule is CC(C)S(=O)(=O)CCCN1CCNCC12CCCCC2. The first kappa shape index (κ1) is 16.2. The molecule has 20 heavy (non-hydrogen) atoms. The van der Waals surface area contributed by atoms with E-state index in [-0.39, 0.29) is 5.25 Å². The van der Waals surface area contributed by atoms with Crippen LogP contribution in [-0.4, -0.2) is 56.0 Å². The predicted octanol–water partition coefficient (Wildman–Crippen LogP) is 1.81. The third-order valence-electron chi connectivity index (χ3n) is 5.04. The number of nitrogens with one attached hydrogen (secondary N) is 1. The van der Waals surface area contributed by atoms with E-state index < -0.39 is 9.84 Å². The highest BCUT2D eigenvalue weighted by atomic mass is 32.2. The van der Waals surface area contributed by atoms with Gasteiger partial charge in [0.25, 0.3) is 0 Å². The second kappa shape index (κ2) is 6.75. The van der Waals surface area contributed by atoms with Gasteiger partial charge in [0.1, 0.15) is 0 Å². The first-order valence-electron chi connectivity index (χ1n) is 8.14. The lowest BCUT2D eigenvalue weighted by Crippen LogP contribution is -2.62. The van der Waals surface area contributed by atoms with Gasteiger partial charge in [-0.05, 0) is 39.7 Å². The Morgan fingerprint density at radius 1 is 1.20 bits per heavy atom. The molecule has 0 radical (unpaired) electrons. The molecule has 4 nitrogen and oxygen atoms in total. The van der Waals surface area contributed by atoms with Gasteiger partial charge in [0.2, 0.25) is 0 Å². The van der Waals surface area contributed by atoms with E-state index in [4.69, 9.17) is 0 Å². The minimum absolute atomic E-state index is 0.242. The molecular weight excluding hydrogens is 272 g/mol. The molecule has 1 N–H and O–H groups in total. The van der Waals surface area contributed by atoms with Gasteiger partial charge in [0.15, 0.2) is 9.84 Å². The Hall–Kier alpha value is -0.130. The molecule has 5 heteroatoms. The summed E-state index contributed by atoms with van der Waals surface area (Å²) in [5.74, 6) is 0.338. The summed E-state index contributed by atoms with van der Waals surface area (Å²) in [5.41, 5.74) is 0.318. The van der Waals surface area contributed by atoms with Gasteiger partial charge in [-0.25, -0.2) is 8.42 Å². The molecule has 1 aliphatic carbocycles. The van der Waals surface area contributed by atoms with Crippen LogP contribution in [0, 0.1) is 0 Å². The molecule has 1 heterocycles. The van der Waals surface area contributed by atoms with Crippen molar-refractivity contribution in [2.24, 2.45) is 0 Å². The molecular formula is C15H30N2O2S.